The van der Waals surface area contributed by atoms with Gasteiger partial charge in [0.2, 0.25) is 0 Å². The van der Waals surface area contributed by atoms with Crippen LogP contribution in [0.2, 0.25) is 0 Å². The Morgan fingerprint density at radius 2 is 2.00 bits per heavy atom. The maximum Gasteiger partial charge on any atom is 0.188 e. The minimum atomic E-state index is 0. The molecule has 0 aliphatic heterocycles. The second-order valence-corrected chi connectivity index (χ2v) is 5.84. The molecular formula is C16H29IN4. The summed E-state index contributed by atoms with van der Waals surface area (Å²) in [7, 11) is 4.10. The molecule has 0 atom stereocenters. The van der Waals surface area contributed by atoms with Crippen molar-refractivity contribution in [2.75, 3.05) is 25.5 Å². The Kier molecular flexibility index (Phi) is 9.41. The van der Waals surface area contributed by atoms with Gasteiger partial charge in [0, 0.05) is 26.3 Å². The van der Waals surface area contributed by atoms with Crippen LogP contribution >= 0.6 is 24.0 Å². The topological polar surface area (TPSA) is 53.6 Å². The van der Waals surface area contributed by atoms with Gasteiger partial charge in [-0.05, 0) is 36.5 Å². The lowest BCUT2D eigenvalue weighted by atomic mass is 10.1. The fourth-order valence-corrected chi connectivity index (χ4v) is 1.94. The molecular weight excluding hydrogens is 375 g/mol. The molecule has 1 aromatic rings. The highest BCUT2D eigenvalue weighted by Crippen LogP contribution is 2.20. The summed E-state index contributed by atoms with van der Waals surface area (Å²) in [6, 6.07) is 6.41. The molecule has 0 saturated carbocycles. The monoisotopic (exact) mass is 404 g/mol. The minimum Gasteiger partial charge on any atom is -0.377 e. The average molecular weight is 404 g/mol. The van der Waals surface area contributed by atoms with Gasteiger partial charge in [0.1, 0.15) is 0 Å². The van der Waals surface area contributed by atoms with Crippen molar-refractivity contribution >= 4 is 35.6 Å². The first kappa shape index (κ1) is 20.0. The Hall–Kier alpha value is -0.980. The average Bonchev–Trinajstić information content (AvgIpc) is 2.36. The molecule has 0 amide bonds. The van der Waals surface area contributed by atoms with Crippen LogP contribution in [0.4, 0.5) is 5.69 Å². The van der Waals surface area contributed by atoms with Crippen molar-refractivity contribution < 1.29 is 0 Å². The number of guanidine groups is 1. The molecule has 21 heavy (non-hydrogen) atoms. The minimum absolute atomic E-state index is 0. The summed E-state index contributed by atoms with van der Waals surface area (Å²) in [5, 5.41) is 3.16. The Morgan fingerprint density at radius 1 is 1.33 bits per heavy atom. The highest BCUT2D eigenvalue weighted by Gasteiger charge is 2.04. The van der Waals surface area contributed by atoms with E-state index in [-0.39, 0.29) is 24.0 Å². The maximum absolute atomic E-state index is 5.89. The van der Waals surface area contributed by atoms with Crippen LogP contribution in [0.3, 0.4) is 0 Å². The van der Waals surface area contributed by atoms with E-state index in [2.05, 4.69) is 54.2 Å². The lowest BCUT2D eigenvalue weighted by Gasteiger charge is -2.17. The van der Waals surface area contributed by atoms with Crippen LogP contribution in [0, 0.1) is 12.8 Å². The van der Waals surface area contributed by atoms with Gasteiger partial charge in [0.15, 0.2) is 5.96 Å². The first-order valence-electron chi connectivity index (χ1n) is 7.20. The molecule has 3 N–H and O–H groups in total. The van der Waals surface area contributed by atoms with E-state index in [0.717, 1.165) is 13.0 Å². The molecule has 0 radical (unpaired) electrons. The van der Waals surface area contributed by atoms with Crippen LogP contribution in [0.15, 0.2) is 23.2 Å². The smallest absolute Gasteiger partial charge is 0.188 e. The number of anilines is 1. The number of aryl methyl sites for hydroxylation is 1. The van der Waals surface area contributed by atoms with Crippen LogP contribution in [-0.4, -0.2) is 26.6 Å². The van der Waals surface area contributed by atoms with E-state index >= 15 is 0 Å². The summed E-state index contributed by atoms with van der Waals surface area (Å²) in [4.78, 5) is 6.53. The van der Waals surface area contributed by atoms with Crippen molar-refractivity contribution in [2.45, 2.75) is 33.7 Å². The number of aliphatic imine (C=N–C) groups is 1. The molecule has 5 heteroatoms. The molecule has 0 saturated heterocycles. The van der Waals surface area contributed by atoms with E-state index in [1.165, 1.54) is 16.8 Å². The first-order chi connectivity index (χ1) is 9.40. The third-order valence-electron chi connectivity index (χ3n) is 3.17. The molecule has 0 aromatic heterocycles. The third kappa shape index (κ3) is 7.55. The molecule has 0 unspecified atom stereocenters. The number of halogens is 1. The van der Waals surface area contributed by atoms with E-state index in [1.807, 2.05) is 14.1 Å². The molecule has 0 aliphatic carbocycles. The number of nitrogens with two attached hydrogens (primary N) is 1. The molecule has 0 fully saturated rings. The SMILES string of the molecule is Cc1ccc(CN=C(N)NCCC(C)C)c(N(C)C)c1.I. The Morgan fingerprint density at radius 3 is 2.57 bits per heavy atom. The van der Waals surface area contributed by atoms with Crippen molar-refractivity contribution in [2.24, 2.45) is 16.6 Å². The number of nitrogens with one attached hydrogen (secondary N) is 1. The van der Waals surface area contributed by atoms with E-state index in [0.29, 0.717) is 18.4 Å². The largest absolute Gasteiger partial charge is 0.377 e. The number of hydrogen-bond donors (Lipinski definition) is 2. The molecule has 1 aromatic carbocycles. The van der Waals surface area contributed by atoms with Gasteiger partial charge in [0.05, 0.1) is 6.54 Å². The lowest BCUT2D eigenvalue weighted by Crippen LogP contribution is -2.32. The lowest BCUT2D eigenvalue weighted by molar-refractivity contribution is 0.576. The second-order valence-electron chi connectivity index (χ2n) is 5.84. The van der Waals surface area contributed by atoms with Crippen molar-refractivity contribution in [3.05, 3.63) is 29.3 Å². The summed E-state index contributed by atoms with van der Waals surface area (Å²) in [6.07, 6.45) is 1.10. The van der Waals surface area contributed by atoms with E-state index in [1.54, 1.807) is 0 Å². The number of nitrogens with zero attached hydrogens (tertiary/aromatic N) is 2. The van der Waals surface area contributed by atoms with Crippen LogP contribution in [0.5, 0.6) is 0 Å². The van der Waals surface area contributed by atoms with Crippen LogP contribution in [0.25, 0.3) is 0 Å². The zero-order valence-electron chi connectivity index (χ0n) is 13.8. The van der Waals surface area contributed by atoms with Gasteiger partial charge in [0.25, 0.3) is 0 Å². The van der Waals surface area contributed by atoms with Crippen LogP contribution in [0.1, 0.15) is 31.4 Å². The highest BCUT2D eigenvalue weighted by molar-refractivity contribution is 14.0. The number of hydrogen-bond acceptors (Lipinski definition) is 2. The predicted octanol–water partition coefficient (Wildman–Crippen LogP) is 3.13. The fourth-order valence-electron chi connectivity index (χ4n) is 1.94. The van der Waals surface area contributed by atoms with Gasteiger partial charge < -0.3 is 16.0 Å². The molecule has 0 heterocycles. The Bertz CT molecular complexity index is 456. The number of rotatable bonds is 6. The van der Waals surface area contributed by atoms with Gasteiger partial charge in [-0.2, -0.15) is 0 Å². The summed E-state index contributed by atoms with van der Waals surface area (Å²) in [5.74, 6) is 1.20. The first-order valence-corrected chi connectivity index (χ1v) is 7.20. The maximum atomic E-state index is 5.89. The van der Waals surface area contributed by atoms with E-state index in [4.69, 9.17) is 5.73 Å². The van der Waals surface area contributed by atoms with E-state index in [9.17, 15) is 0 Å². The van der Waals surface area contributed by atoms with Gasteiger partial charge in [-0.25, -0.2) is 4.99 Å². The molecule has 4 nitrogen and oxygen atoms in total. The van der Waals surface area contributed by atoms with E-state index < -0.39 is 0 Å². The normalized spacial score (nSPS) is 11.2. The molecule has 1 rings (SSSR count). The second kappa shape index (κ2) is 9.87. The van der Waals surface area contributed by atoms with Crippen molar-refractivity contribution in [1.82, 2.24) is 5.32 Å². The predicted molar refractivity (Wildman–Crippen MR) is 104 cm³/mol. The van der Waals surface area contributed by atoms with Gasteiger partial charge >= 0.3 is 0 Å². The van der Waals surface area contributed by atoms with Gasteiger partial charge in [-0.1, -0.05) is 26.0 Å². The Labute approximate surface area is 146 Å². The Balaban J connectivity index is 0.00000400. The van der Waals surface area contributed by atoms with Crippen LogP contribution in [-0.2, 0) is 6.54 Å². The summed E-state index contributed by atoms with van der Waals surface area (Å²) >= 11 is 0. The van der Waals surface area contributed by atoms with Crippen molar-refractivity contribution in [3.8, 4) is 0 Å². The molecule has 0 spiro atoms. The molecule has 0 aliphatic rings. The summed E-state index contributed by atoms with van der Waals surface area (Å²) < 4.78 is 0. The fraction of sp³-hybridized carbons (Fsp3) is 0.562. The third-order valence-corrected chi connectivity index (χ3v) is 3.17. The standard InChI is InChI=1S/C16H28N4.HI/c1-12(2)8-9-18-16(17)19-11-14-7-6-13(3)10-15(14)20(4)5;/h6-7,10,12H,8-9,11H2,1-5H3,(H3,17,18,19);1H. The molecule has 120 valence electrons. The zero-order valence-corrected chi connectivity index (χ0v) is 16.1. The number of benzene rings is 1. The highest BCUT2D eigenvalue weighted by atomic mass is 127. The van der Waals surface area contributed by atoms with Gasteiger partial charge in [-0.15, -0.1) is 24.0 Å². The van der Waals surface area contributed by atoms with Crippen molar-refractivity contribution in [1.29, 1.82) is 0 Å². The summed E-state index contributed by atoms with van der Waals surface area (Å²) in [5.41, 5.74) is 9.53. The zero-order chi connectivity index (χ0) is 15.1. The van der Waals surface area contributed by atoms with Gasteiger partial charge in [-0.3, -0.25) is 0 Å². The molecule has 0 bridgehead atoms. The summed E-state index contributed by atoms with van der Waals surface area (Å²) in [6.45, 7) is 7.98. The van der Waals surface area contributed by atoms with Crippen LogP contribution < -0.4 is 16.0 Å². The van der Waals surface area contributed by atoms with Crippen molar-refractivity contribution in [3.63, 3.8) is 0 Å². The quantitative estimate of drug-likeness (QED) is 0.435.